The lowest BCUT2D eigenvalue weighted by Gasteiger charge is -2.24. The Balaban J connectivity index is 2.41. The van der Waals surface area contributed by atoms with Gasteiger partial charge < -0.3 is 9.84 Å². The molecule has 0 fully saturated rings. The third-order valence-corrected chi connectivity index (χ3v) is 2.63. The average molecular weight is 210 g/mol. The van der Waals surface area contributed by atoms with Crippen LogP contribution < -0.4 is 4.74 Å². The third kappa shape index (κ3) is 1.67. The molecule has 80 valence electrons. The van der Waals surface area contributed by atoms with Crippen molar-refractivity contribution < 1.29 is 19.0 Å². The fourth-order valence-electron chi connectivity index (χ4n) is 1.76. The lowest BCUT2D eigenvalue weighted by molar-refractivity contribution is -0.143. The van der Waals surface area contributed by atoms with E-state index in [2.05, 4.69) is 0 Å². The van der Waals surface area contributed by atoms with Gasteiger partial charge in [0.25, 0.3) is 0 Å². The minimum atomic E-state index is -0.943. The highest BCUT2D eigenvalue weighted by molar-refractivity contribution is 5.71. The van der Waals surface area contributed by atoms with E-state index in [-0.39, 0.29) is 18.8 Å². The molecule has 0 radical (unpaired) electrons. The number of carboxylic acids is 1. The van der Waals surface area contributed by atoms with Crippen LogP contribution in [0.3, 0.4) is 0 Å². The second-order valence-electron chi connectivity index (χ2n) is 3.72. The van der Waals surface area contributed by atoms with Crippen LogP contribution >= 0.6 is 0 Å². The standard InChI is InChI=1S/C11H11FO3/c1-6-2-3-9(12)8-4-7(11(13)14)5-15-10(6)8/h2-3,7H,4-5H2,1H3,(H,13,14). The Kier molecular flexibility index (Phi) is 2.34. The van der Waals surface area contributed by atoms with E-state index in [0.717, 1.165) is 5.56 Å². The molecule has 15 heavy (non-hydrogen) atoms. The fraction of sp³-hybridized carbons (Fsp3) is 0.364. The summed E-state index contributed by atoms with van der Waals surface area (Å²) in [6, 6.07) is 2.98. The molecule has 0 spiro atoms. The zero-order valence-corrected chi connectivity index (χ0v) is 8.29. The summed E-state index contributed by atoms with van der Waals surface area (Å²) < 4.78 is 18.7. The van der Waals surface area contributed by atoms with Crippen molar-refractivity contribution >= 4 is 5.97 Å². The summed E-state index contributed by atoms with van der Waals surface area (Å²) in [7, 11) is 0. The lowest BCUT2D eigenvalue weighted by Crippen LogP contribution is -2.28. The van der Waals surface area contributed by atoms with Gasteiger partial charge in [-0.25, -0.2) is 4.39 Å². The minimum Gasteiger partial charge on any atom is -0.492 e. The van der Waals surface area contributed by atoms with Crippen LogP contribution in [-0.4, -0.2) is 17.7 Å². The molecule has 0 aromatic heterocycles. The maximum absolute atomic E-state index is 13.4. The number of hydrogen-bond donors (Lipinski definition) is 1. The van der Waals surface area contributed by atoms with Crippen molar-refractivity contribution in [2.45, 2.75) is 13.3 Å². The summed E-state index contributed by atoms with van der Waals surface area (Å²) in [4.78, 5) is 10.8. The summed E-state index contributed by atoms with van der Waals surface area (Å²) in [5, 5.41) is 8.82. The average Bonchev–Trinajstić information content (AvgIpc) is 2.23. The van der Waals surface area contributed by atoms with E-state index in [1.54, 1.807) is 6.07 Å². The van der Waals surface area contributed by atoms with Crippen LogP contribution in [0.15, 0.2) is 12.1 Å². The van der Waals surface area contributed by atoms with Crippen LogP contribution in [-0.2, 0) is 11.2 Å². The molecule has 1 aliphatic rings. The zero-order chi connectivity index (χ0) is 11.0. The molecule has 2 rings (SSSR count). The number of aryl methyl sites for hydroxylation is 1. The van der Waals surface area contributed by atoms with Crippen molar-refractivity contribution in [3.05, 3.63) is 29.1 Å². The first-order chi connectivity index (χ1) is 7.09. The van der Waals surface area contributed by atoms with Gasteiger partial charge in [-0.2, -0.15) is 0 Å². The highest BCUT2D eigenvalue weighted by atomic mass is 19.1. The van der Waals surface area contributed by atoms with E-state index < -0.39 is 11.9 Å². The summed E-state index contributed by atoms with van der Waals surface area (Å²) in [5.41, 5.74) is 1.23. The molecule has 0 saturated heterocycles. The van der Waals surface area contributed by atoms with Crippen LogP contribution in [0.4, 0.5) is 4.39 Å². The van der Waals surface area contributed by atoms with Crippen molar-refractivity contribution in [3.63, 3.8) is 0 Å². The molecular weight excluding hydrogens is 199 g/mol. The van der Waals surface area contributed by atoms with Crippen molar-refractivity contribution in [1.82, 2.24) is 0 Å². The van der Waals surface area contributed by atoms with E-state index in [0.29, 0.717) is 11.3 Å². The molecule has 0 bridgehead atoms. The lowest BCUT2D eigenvalue weighted by atomic mass is 9.95. The van der Waals surface area contributed by atoms with E-state index in [9.17, 15) is 9.18 Å². The largest absolute Gasteiger partial charge is 0.492 e. The molecule has 1 aliphatic heterocycles. The topological polar surface area (TPSA) is 46.5 Å². The minimum absolute atomic E-state index is 0.118. The molecule has 1 aromatic carbocycles. The molecule has 1 atom stereocenters. The maximum Gasteiger partial charge on any atom is 0.310 e. The molecule has 0 amide bonds. The van der Waals surface area contributed by atoms with Crippen LogP contribution in [0, 0.1) is 18.7 Å². The van der Waals surface area contributed by atoms with Crippen molar-refractivity contribution in [3.8, 4) is 5.75 Å². The van der Waals surface area contributed by atoms with Gasteiger partial charge >= 0.3 is 5.97 Å². The summed E-state index contributed by atoms with van der Waals surface area (Å²) in [6.45, 7) is 1.94. The number of hydrogen-bond acceptors (Lipinski definition) is 2. The Labute approximate surface area is 86.5 Å². The number of aliphatic carboxylic acids is 1. The number of fused-ring (bicyclic) bond motifs is 1. The zero-order valence-electron chi connectivity index (χ0n) is 8.29. The van der Waals surface area contributed by atoms with Gasteiger partial charge in [0.2, 0.25) is 0 Å². The van der Waals surface area contributed by atoms with Gasteiger partial charge in [0.05, 0.1) is 5.92 Å². The molecule has 4 heteroatoms. The van der Waals surface area contributed by atoms with Gasteiger partial charge in [-0.3, -0.25) is 4.79 Å². The molecule has 0 aliphatic carbocycles. The van der Waals surface area contributed by atoms with Crippen LogP contribution in [0.2, 0.25) is 0 Å². The molecule has 1 aromatic rings. The van der Waals surface area contributed by atoms with Gasteiger partial charge in [0.15, 0.2) is 0 Å². The Bertz CT molecular complexity index is 415. The highest BCUT2D eigenvalue weighted by Crippen LogP contribution is 2.32. The van der Waals surface area contributed by atoms with Crippen LogP contribution in [0.25, 0.3) is 0 Å². The predicted octanol–water partition coefficient (Wildman–Crippen LogP) is 1.77. The smallest absolute Gasteiger partial charge is 0.310 e. The number of ether oxygens (including phenoxy) is 1. The molecule has 1 unspecified atom stereocenters. The number of rotatable bonds is 1. The number of halogens is 1. The second kappa shape index (κ2) is 3.53. The second-order valence-corrected chi connectivity index (χ2v) is 3.72. The fourth-order valence-corrected chi connectivity index (χ4v) is 1.76. The van der Waals surface area contributed by atoms with Crippen LogP contribution in [0.5, 0.6) is 5.75 Å². The number of carboxylic acid groups (broad SMARTS) is 1. The van der Waals surface area contributed by atoms with E-state index >= 15 is 0 Å². The highest BCUT2D eigenvalue weighted by Gasteiger charge is 2.28. The SMILES string of the molecule is Cc1ccc(F)c2c1OCC(C(=O)O)C2. The molecule has 3 nitrogen and oxygen atoms in total. The maximum atomic E-state index is 13.4. The molecular formula is C11H11FO3. The first-order valence-electron chi connectivity index (χ1n) is 4.73. The summed E-state index contributed by atoms with van der Waals surface area (Å²) in [5.74, 6) is -1.47. The molecule has 1 heterocycles. The Morgan fingerprint density at radius 2 is 2.33 bits per heavy atom. The summed E-state index contributed by atoms with van der Waals surface area (Å²) >= 11 is 0. The Morgan fingerprint density at radius 1 is 1.60 bits per heavy atom. The van der Waals surface area contributed by atoms with E-state index in [1.807, 2.05) is 6.92 Å². The predicted molar refractivity (Wildman–Crippen MR) is 51.5 cm³/mol. The van der Waals surface area contributed by atoms with E-state index in [4.69, 9.17) is 9.84 Å². The monoisotopic (exact) mass is 210 g/mol. The molecule has 1 N–H and O–H groups in total. The Hall–Kier alpha value is -1.58. The van der Waals surface area contributed by atoms with Gasteiger partial charge in [0.1, 0.15) is 18.2 Å². The van der Waals surface area contributed by atoms with E-state index in [1.165, 1.54) is 6.07 Å². The van der Waals surface area contributed by atoms with Crippen molar-refractivity contribution in [1.29, 1.82) is 0 Å². The van der Waals surface area contributed by atoms with Gasteiger partial charge in [0, 0.05) is 5.56 Å². The quantitative estimate of drug-likeness (QED) is 0.768. The van der Waals surface area contributed by atoms with Crippen LogP contribution in [0.1, 0.15) is 11.1 Å². The van der Waals surface area contributed by atoms with Gasteiger partial charge in [-0.05, 0) is 25.0 Å². The third-order valence-electron chi connectivity index (χ3n) is 2.63. The normalized spacial score (nSPS) is 19.2. The van der Waals surface area contributed by atoms with Gasteiger partial charge in [-0.1, -0.05) is 6.07 Å². The number of benzene rings is 1. The number of carbonyl (C=O) groups is 1. The van der Waals surface area contributed by atoms with Crippen molar-refractivity contribution in [2.24, 2.45) is 5.92 Å². The first kappa shape index (κ1) is 9.96. The first-order valence-corrected chi connectivity index (χ1v) is 4.73. The molecule has 0 saturated carbocycles. The summed E-state index contributed by atoms with van der Waals surface area (Å²) in [6.07, 6.45) is 0.207. The van der Waals surface area contributed by atoms with Gasteiger partial charge in [-0.15, -0.1) is 0 Å². The Morgan fingerprint density at radius 3 is 3.00 bits per heavy atom. The van der Waals surface area contributed by atoms with Crippen molar-refractivity contribution in [2.75, 3.05) is 6.61 Å².